The van der Waals surface area contributed by atoms with Crippen LogP contribution in [0.5, 0.6) is 0 Å². The summed E-state index contributed by atoms with van der Waals surface area (Å²) in [4.78, 5) is 16.9. The third kappa shape index (κ3) is 3.89. The van der Waals surface area contributed by atoms with Crippen LogP contribution in [-0.2, 0) is 11.3 Å². The molecule has 0 radical (unpaired) electrons. The summed E-state index contributed by atoms with van der Waals surface area (Å²) in [6.45, 7) is 0.397. The molecule has 0 aliphatic rings. The molecule has 0 unspecified atom stereocenters. The zero-order chi connectivity index (χ0) is 12.3. The van der Waals surface area contributed by atoms with Crippen molar-refractivity contribution in [1.82, 2.24) is 9.88 Å². The van der Waals surface area contributed by atoms with Gasteiger partial charge in [-0.3, -0.25) is 9.69 Å². The second-order valence-electron chi connectivity index (χ2n) is 3.37. The van der Waals surface area contributed by atoms with Crippen molar-refractivity contribution in [2.24, 2.45) is 0 Å². The fourth-order valence-corrected chi connectivity index (χ4v) is 2.34. The highest BCUT2D eigenvalue weighted by Crippen LogP contribution is 2.23. The van der Waals surface area contributed by atoms with Gasteiger partial charge in [0.25, 0.3) is 0 Å². The lowest BCUT2D eigenvalue weighted by Crippen LogP contribution is -2.25. The van der Waals surface area contributed by atoms with Gasteiger partial charge in [0.05, 0.1) is 16.6 Å². The van der Waals surface area contributed by atoms with E-state index in [4.69, 9.17) is 5.11 Å². The van der Waals surface area contributed by atoms with Crippen LogP contribution in [0.25, 0.3) is 0 Å². The lowest BCUT2D eigenvalue weighted by atomic mass is 10.2. The van der Waals surface area contributed by atoms with Crippen molar-refractivity contribution in [2.45, 2.75) is 21.5 Å². The number of carboxylic acid groups (broad SMARTS) is 1. The predicted molar refractivity (Wildman–Crippen MR) is 70.0 cm³/mol. The summed E-state index contributed by atoms with van der Waals surface area (Å²) in [7, 11) is 1.71. The summed E-state index contributed by atoms with van der Waals surface area (Å²) < 4.78 is 0. The number of likely N-dealkylation sites (N-methyl/N-ethyl adjacent to an activating group) is 1. The van der Waals surface area contributed by atoms with Crippen LogP contribution in [0.15, 0.2) is 21.0 Å². The van der Waals surface area contributed by atoms with E-state index in [1.807, 2.05) is 0 Å². The summed E-state index contributed by atoms with van der Waals surface area (Å²) >= 11 is 12.6. The average Bonchev–Trinajstić information content (AvgIpc) is 2.09. The molecule has 88 valence electrons. The van der Waals surface area contributed by atoms with E-state index in [-0.39, 0.29) is 6.54 Å². The molecule has 0 amide bonds. The number of aromatic nitrogens is 1. The number of hydrogen-bond donors (Lipinski definition) is 4. The molecule has 0 spiro atoms. The highest BCUT2D eigenvalue weighted by molar-refractivity contribution is 7.81. The molecule has 1 aromatic heterocycles. The van der Waals surface area contributed by atoms with Gasteiger partial charge in [0.15, 0.2) is 0 Å². The number of thiol groups is 3. The second kappa shape index (κ2) is 5.81. The van der Waals surface area contributed by atoms with Crippen LogP contribution in [0.1, 0.15) is 5.56 Å². The van der Waals surface area contributed by atoms with Crippen molar-refractivity contribution < 1.29 is 9.90 Å². The third-order valence-corrected chi connectivity index (χ3v) is 2.90. The summed E-state index contributed by atoms with van der Waals surface area (Å²) in [5.41, 5.74) is 0.799. The first-order chi connectivity index (χ1) is 7.40. The first kappa shape index (κ1) is 13.7. The Bertz CT molecular complexity index is 389. The largest absolute Gasteiger partial charge is 0.480 e. The Kier molecular flexibility index (Phi) is 4.97. The minimum absolute atomic E-state index is 0.0386. The van der Waals surface area contributed by atoms with E-state index >= 15 is 0 Å². The van der Waals surface area contributed by atoms with E-state index < -0.39 is 5.97 Å². The molecule has 16 heavy (non-hydrogen) atoms. The maximum atomic E-state index is 10.5. The lowest BCUT2D eigenvalue weighted by molar-refractivity contribution is -0.138. The zero-order valence-corrected chi connectivity index (χ0v) is 11.3. The molecule has 0 aliphatic heterocycles. The smallest absolute Gasteiger partial charge is 0.317 e. The molecule has 1 heterocycles. The topological polar surface area (TPSA) is 53.4 Å². The van der Waals surface area contributed by atoms with Gasteiger partial charge < -0.3 is 5.11 Å². The van der Waals surface area contributed by atoms with Crippen molar-refractivity contribution >= 4 is 43.9 Å². The molecule has 0 aliphatic carbocycles. The molecule has 0 saturated carbocycles. The maximum Gasteiger partial charge on any atom is 0.317 e. The van der Waals surface area contributed by atoms with Crippen LogP contribution in [0.4, 0.5) is 0 Å². The SMILES string of the molecule is CN(CC(=O)O)Cc1c(S)cc(S)nc1S. The molecule has 1 N–H and O–H groups in total. The van der Waals surface area contributed by atoms with E-state index in [2.05, 4.69) is 42.9 Å². The molecule has 1 rings (SSSR count). The molecule has 7 heteroatoms. The molecule has 0 saturated heterocycles. The fraction of sp³-hybridized carbons (Fsp3) is 0.333. The monoisotopic (exact) mass is 276 g/mol. The number of aliphatic carboxylic acids is 1. The Morgan fingerprint density at radius 2 is 2.12 bits per heavy atom. The van der Waals surface area contributed by atoms with Gasteiger partial charge in [-0.2, -0.15) is 0 Å². The standard InChI is InChI=1S/C9H12N2O2S3/c1-11(4-8(12)13)3-5-6(14)2-7(15)10-9(5)16/h2H,3-4H2,1H3,(H,12,13)(H3,10,14,15,16). The van der Waals surface area contributed by atoms with Gasteiger partial charge in [-0.15, -0.1) is 37.9 Å². The maximum absolute atomic E-state index is 10.5. The van der Waals surface area contributed by atoms with E-state index in [0.29, 0.717) is 21.5 Å². The number of carbonyl (C=O) groups is 1. The summed E-state index contributed by atoms with van der Waals surface area (Å²) in [6, 6.07) is 1.70. The Morgan fingerprint density at radius 1 is 1.50 bits per heavy atom. The van der Waals surface area contributed by atoms with Crippen molar-refractivity contribution in [3.8, 4) is 0 Å². The highest BCUT2D eigenvalue weighted by atomic mass is 32.1. The van der Waals surface area contributed by atoms with Crippen LogP contribution < -0.4 is 0 Å². The Morgan fingerprint density at radius 3 is 2.62 bits per heavy atom. The molecule has 0 bridgehead atoms. The number of carboxylic acids is 1. The molecule has 0 atom stereocenters. The third-order valence-electron chi connectivity index (χ3n) is 1.90. The Labute approximate surface area is 110 Å². The first-order valence-electron chi connectivity index (χ1n) is 4.41. The van der Waals surface area contributed by atoms with E-state index in [9.17, 15) is 4.79 Å². The fourth-order valence-electron chi connectivity index (χ4n) is 1.24. The quantitative estimate of drug-likeness (QED) is 0.629. The van der Waals surface area contributed by atoms with Gasteiger partial charge in [0.2, 0.25) is 0 Å². The molecule has 4 nitrogen and oxygen atoms in total. The van der Waals surface area contributed by atoms with Crippen LogP contribution in [0.2, 0.25) is 0 Å². The number of nitrogens with zero attached hydrogens (tertiary/aromatic N) is 2. The van der Waals surface area contributed by atoms with Crippen LogP contribution in [0.3, 0.4) is 0 Å². The van der Waals surface area contributed by atoms with Gasteiger partial charge in [0.1, 0.15) is 0 Å². The Hall–Kier alpha value is -0.370. The predicted octanol–water partition coefficient (Wildman–Crippen LogP) is 1.46. The molecule has 0 aromatic carbocycles. The molecule has 0 fully saturated rings. The number of rotatable bonds is 4. The van der Waals surface area contributed by atoms with Crippen molar-refractivity contribution in [1.29, 1.82) is 0 Å². The molecular weight excluding hydrogens is 264 g/mol. The van der Waals surface area contributed by atoms with Gasteiger partial charge >= 0.3 is 5.97 Å². The molecule has 1 aromatic rings. The number of pyridine rings is 1. The van der Waals surface area contributed by atoms with Crippen LogP contribution >= 0.6 is 37.9 Å². The van der Waals surface area contributed by atoms with Gasteiger partial charge in [-0.1, -0.05) is 0 Å². The van der Waals surface area contributed by atoms with Crippen LogP contribution in [0, 0.1) is 0 Å². The molecular formula is C9H12N2O2S3. The Balaban J connectivity index is 2.85. The van der Waals surface area contributed by atoms with Gasteiger partial charge in [-0.05, 0) is 13.1 Å². The normalized spacial score (nSPS) is 10.8. The second-order valence-corrected chi connectivity index (χ2v) is 4.73. The minimum atomic E-state index is -0.872. The summed E-state index contributed by atoms with van der Waals surface area (Å²) in [6.07, 6.45) is 0. The van der Waals surface area contributed by atoms with Crippen molar-refractivity contribution in [3.05, 3.63) is 11.6 Å². The summed E-state index contributed by atoms with van der Waals surface area (Å²) in [5.74, 6) is -0.872. The highest BCUT2D eigenvalue weighted by Gasteiger charge is 2.11. The van der Waals surface area contributed by atoms with E-state index in [1.165, 1.54) is 0 Å². The number of hydrogen-bond acceptors (Lipinski definition) is 6. The average molecular weight is 276 g/mol. The minimum Gasteiger partial charge on any atom is -0.480 e. The van der Waals surface area contributed by atoms with E-state index in [1.54, 1.807) is 18.0 Å². The summed E-state index contributed by atoms with van der Waals surface area (Å²) in [5, 5.41) is 9.70. The van der Waals surface area contributed by atoms with Crippen LogP contribution in [-0.4, -0.2) is 34.6 Å². The van der Waals surface area contributed by atoms with Gasteiger partial charge in [-0.25, -0.2) is 4.98 Å². The van der Waals surface area contributed by atoms with Crippen molar-refractivity contribution in [2.75, 3.05) is 13.6 Å². The van der Waals surface area contributed by atoms with Gasteiger partial charge in [0, 0.05) is 17.0 Å². The van der Waals surface area contributed by atoms with Crippen molar-refractivity contribution in [3.63, 3.8) is 0 Å². The lowest BCUT2D eigenvalue weighted by Gasteiger charge is -2.16. The first-order valence-corrected chi connectivity index (χ1v) is 5.75. The van der Waals surface area contributed by atoms with E-state index in [0.717, 1.165) is 5.56 Å². The zero-order valence-electron chi connectivity index (χ0n) is 8.58.